The van der Waals surface area contributed by atoms with Gasteiger partial charge in [-0.25, -0.2) is 5.43 Å². The summed E-state index contributed by atoms with van der Waals surface area (Å²) in [6.45, 7) is 3.30. The van der Waals surface area contributed by atoms with E-state index in [0.717, 1.165) is 10.6 Å². The maximum absolute atomic E-state index is 10.5. The lowest BCUT2D eigenvalue weighted by Gasteiger charge is -1.95. The first-order valence-corrected chi connectivity index (χ1v) is 4.43. The largest absolute Gasteiger partial charge is 0.274 e. The summed E-state index contributed by atoms with van der Waals surface area (Å²) in [5.74, 6) is -0.147. The van der Waals surface area contributed by atoms with Gasteiger partial charge < -0.3 is 0 Å². The van der Waals surface area contributed by atoms with Crippen LogP contribution in [-0.2, 0) is 4.79 Å². The van der Waals surface area contributed by atoms with E-state index in [0.29, 0.717) is 0 Å². The minimum absolute atomic E-state index is 0.147. The van der Waals surface area contributed by atoms with Crippen LogP contribution in [0.5, 0.6) is 0 Å². The molecule has 1 heterocycles. The Bertz CT molecular complexity index is 290. The molecule has 1 aromatic rings. The van der Waals surface area contributed by atoms with Crippen LogP contribution in [-0.4, -0.2) is 11.6 Å². The van der Waals surface area contributed by atoms with E-state index in [2.05, 4.69) is 10.5 Å². The van der Waals surface area contributed by atoms with Crippen LogP contribution in [0.25, 0.3) is 0 Å². The Morgan fingerprint density at radius 2 is 2.33 bits per heavy atom. The van der Waals surface area contributed by atoms with E-state index >= 15 is 0 Å². The van der Waals surface area contributed by atoms with Crippen LogP contribution < -0.4 is 5.43 Å². The second-order valence-corrected chi connectivity index (χ2v) is 3.29. The minimum atomic E-state index is -0.147. The maximum Gasteiger partial charge on any atom is 0.236 e. The Labute approximate surface area is 75.1 Å². The van der Waals surface area contributed by atoms with E-state index in [9.17, 15) is 4.79 Å². The number of thiophene rings is 1. The Hall–Kier alpha value is -1.16. The predicted octanol–water partition coefficient (Wildman–Crippen LogP) is 1.61. The van der Waals surface area contributed by atoms with Gasteiger partial charge in [-0.3, -0.25) is 4.79 Å². The van der Waals surface area contributed by atoms with E-state index in [1.165, 1.54) is 6.92 Å². The number of nitrogens with one attached hydrogen (secondary N) is 1. The van der Waals surface area contributed by atoms with Gasteiger partial charge >= 0.3 is 0 Å². The van der Waals surface area contributed by atoms with E-state index in [1.807, 2.05) is 24.4 Å². The molecular formula is C8H10N2OS. The van der Waals surface area contributed by atoms with Crippen LogP contribution >= 0.6 is 11.3 Å². The van der Waals surface area contributed by atoms with Crippen molar-refractivity contribution >= 4 is 23.0 Å². The highest BCUT2D eigenvalue weighted by Crippen LogP contribution is 2.08. The molecule has 0 atom stereocenters. The average Bonchev–Trinajstić information content (AvgIpc) is 2.51. The van der Waals surface area contributed by atoms with E-state index < -0.39 is 0 Å². The molecule has 0 saturated heterocycles. The summed E-state index contributed by atoms with van der Waals surface area (Å²) >= 11 is 1.60. The summed E-state index contributed by atoms with van der Waals surface area (Å²) in [4.78, 5) is 11.6. The van der Waals surface area contributed by atoms with Gasteiger partial charge in [0.2, 0.25) is 5.91 Å². The fourth-order valence-corrected chi connectivity index (χ4v) is 1.38. The molecule has 0 saturated carbocycles. The third kappa shape index (κ3) is 2.47. The molecule has 4 heteroatoms. The molecule has 1 aromatic heterocycles. The molecule has 64 valence electrons. The van der Waals surface area contributed by atoms with Crippen LogP contribution in [0, 0.1) is 0 Å². The highest BCUT2D eigenvalue weighted by atomic mass is 32.1. The van der Waals surface area contributed by atoms with Crippen molar-refractivity contribution in [3.8, 4) is 0 Å². The molecule has 0 aliphatic rings. The molecule has 0 spiro atoms. The van der Waals surface area contributed by atoms with Gasteiger partial charge in [-0.1, -0.05) is 6.07 Å². The van der Waals surface area contributed by atoms with Crippen molar-refractivity contribution in [3.63, 3.8) is 0 Å². The normalized spacial score (nSPS) is 11.3. The third-order valence-corrected chi connectivity index (χ3v) is 2.24. The van der Waals surface area contributed by atoms with Gasteiger partial charge in [-0.05, 0) is 18.4 Å². The van der Waals surface area contributed by atoms with Crippen LogP contribution in [0.3, 0.4) is 0 Å². The Morgan fingerprint density at radius 3 is 2.83 bits per heavy atom. The Kier molecular flexibility index (Phi) is 2.99. The molecule has 0 bridgehead atoms. The Balaban J connectivity index is 2.65. The minimum Gasteiger partial charge on any atom is -0.274 e. The van der Waals surface area contributed by atoms with E-state index in [1.54, 1.807) is 11.3 Å². The zero-order valence-electron chi connectivity index (χ0n) is 7.00. The van der Waals surface area contributed by atoms with Crippen molar-refractivity contribution in [1.29, 1.82) is 0 Å². The number of rotatable bonds is 2. The lowest BCUT2D eigenvalue weighted by Crippen LogP contribution is -2.14. The number of nitrogens with zero attached hydrogens (tertiary/aromatic N) is 1. The quantitative estimate of drug-likeness (QED) is 0.548. The number of hydrazone groups is 1. The first-order chi connectivity index (χ1) is 5.70. The zero-order chi connectivity index (χ0) is 8.97. The van der Waals surface area contributed by atoms with Crippen molar-refractivity contribution < 1.29 is 4.79 Å². The number of hydrogen-bond donors (Lipinski definition) is 1. The summed E-state index contributed by atoms with van der Waals surface area (Å²) in [5, 5.41) is 5.87. The van der Waals surface area contributed by atoms with Crippen LogP contribution in [0.1, 0.15) is 18.7 Å². The molecule has 0 fully saturated rings. The SMILES string of the molecule is CC(=O)N/N=C(/C)c1cccs1. The molecule has 1 rings (SSSR count). The van der Waals surface area contributed by atoms with Crippen molar-refractivity contribution in [2.24, 2.45) is 5.10 Å². The second kappa shape index (κ2) is 4.01. The van der Waals surface area contributed by atoms with Gasteiger partial charge in [0, 0.05) is 11.8 Å². The molecule has 0 aliphatic heterocycles. The molecule has 0 radical (unpaired) electrons. The molecule has 0 unspecified atom stereocenters. The first-order valence-electron chi connectivity index (χ1n) is 3.55. The molecule has 3 nitrogen and oxygen atoms in total. The van der Waals surface area contributed by atoms with E-state index in [4.69, 9.17) is 0 Å². The van der Waals surface area contributed by atoms with Gasteiger partial charge in [0.1, 0.15) is 0 Å². The lowest BCUT2D eigenvalue weighted by atomic mass is 10.3. The van der Waals surface area contributed by atoms with Crippen molar-refractivity contribution in [3.05, 3.63) is 22.4 Å². The van der Waals surface area contributed by atoms with Gasteiger partial charge in [-0.15, -0.1) is 11.3 Å². The maximum atomic E-state index is 10.5. The van der Waals surface area contributed by atoms with Crippen molar-refractivity contribution in [2.45, 2.75) is 13.8 Å². The average molecular weight is 182 g/mol. The lowest BCUT2D eigenvalue weighted by molar-refractivity contribution is -0.118. The van der Waals surface area contributed by atoms with Gasteiger partial charge in [0.05, 0.1) is 5.71 Å². The summed E-state index contributed by atoms with van der Waals surface area (Å²) in [6, 6.07) is 3.91. The number of amides is 1. The van der Waals surface area contributed by atoms with Crippen LogP contribution in [0.4, 0.5) is 0 Å². The van der Waals surface area contributed by atoms with Gasteiger partial charge in [-0.2, -0.15) is 5.10 Å². The molecule has 0 aliphatic carbocycles. The zero-order valence-corrected chi connectivity index (χ0v) is 7.81. The molecule has 0 aromatic carbocycles. The fourth-order valence-electron chi connectivity index (χ4n) is 0.702. The summed E-state index contributed by atoms with van der Waals surface area (Å²) < 4.78 is 0. The second-order valence-electron chi connectivity index (χ2n) is 2.34. The highest BCUT2D eigenvalue weighted by Gasteiger charge is 1.97. The van der Waals surface area contributed by atoms with Gasteiger partial charge in [0.15, 0.2) is 0 Å². The van der Waals surface area contributed by atoms with Crippen LogP contribution in [0.15, 0.2) is 22.6 Å². The fraction of sp³-hybridized carbons (Fsp3) is 0.250. The first kappa shape index (κ1) is 8.93. The molecule has 1 N–H and O–H groups in total. The number of carbonyl (C=O) groups excluding carboxylic acids is 1. The smallest absolute Gasteiger partial charge is 0.236 e. The monoisotopic (exact) mass is 182 g/mol. The number of carbonyl (C=O) groups is 1. The Morgan fingerprint density at radius 1 is 1.58 bits per heavy atom. The standard InChI is InChI=1S/C8H10N2OS/c1-6(9-10-7(2)11)8-4-3-5-12-8/h3-5H,1-2H3,(H,10,11)/b9-6-. The van der Waals surface area contributed by atoms with Crippen molar-refractivity contribution in [2.75, 3.05) is 0 Å². The van der Waals surface area contributed by atoms with Crippen LogP contribution in [0.2, 0.25) is 0 Å². The molecule has 12 heavy (non-hydrogen) atoms. The molecular weight excluding hydrogens is 172 g/mol. The summed E-state index contributed by atoms with van der Waals surface area (Å²) in [7, 11) is 0. The molecule has 1 amide bonds. The number of hydrogen-bond acceptors (Lipinski definition) is 3. The summed E-state index contributed by atoms with van der Waals surface area (Å²) in [5.41, 5.74) is 3.22. The predicted molar refractivity (Wildman–Crippen MR) is 50.3 cm³/mol. The third-order valence-electron chi connectivity index (χ3n) is 1.26. The highest BCUT2D eigenvalue weighted by molar-refractivity contribution is 7.12. The van der Waals surface area contributed by atoms with Gasteiger partial charge in [0.25, 0.3) is 0 Å². The van der Waals surface area contributed by atoms with Crippen molar-refractivity contribution in [1.82, 2.24) is 5.43 Å². The van der Waals surface area contributed by atoms with E-state index in [-0.39, 0.29) is 5.91 Å². The topological polar surface area (TPSA) is 41.5 Å². The summed E-state index contributed by atoms with van der Waals surface area (Å²) in [6.07, 6.45) is 0.